The molecule has 0 amide bonds. The molecule has 3 heteroatoms. The molecule has 0 aromatic heterocycles. The quantitative estimate of drug-likeness (QED) is 0.634. The molecular weight excluding hydrogens is 142 g/mol. The third kappa shape index (κ3) is 2.43. The molecule has 0 bridgehead atoms. The topological polar surface area (TPSA) is 55.5 Å². The second-order valence-corrected chi connectivity index (χ2v) is 3.15. The van der Waals surface area contributed by atoms with E-state index in [0.29, 0.717) is 0 Å². The summed E-state index contributed by atoms with van der Waals surface area (Å²) in [5.41, 5.74) is 5.53. The molecule has 1 aliphatic heterocycles. The number of aliphatic hydroxyl groups excluding tert-OH is 1. The molecule has 11 heavy (non-hydrogen) atoms. The fourth-order valence-corrected chi connectivity index (χ4v) is 1.45. The lowest BCUT2D eigenvalue weighted by atomic mass is 10.1. The van der Waals surface area contributed by atoms with E-state index in [-0.39, 0.29) is 18.4 Å². The lowest BCUT2D eigenvalue weighted by Crippen LogP contribution is -2.28. The minimum atomic E-state index is -0.312. The maximum absolute atomic E-state index is 9.49. The molecule has 1 aliphatic rings. The van der Waals surface area contributed by atoms with Gasteiger partial charge in [-0.2, -0.15) is 0 Å². The molecule has 3 nitrogen and oxygen atoms in total. The first-order valence-corrected chi connectivity index (χ1v) is 4.33. The van der Waals surface area contributed by atoms with Gasteiger partial charge in [-0.05, 0) is 19.3 Å². The smallest absolute Gasteiger partial charge is 0.106 e. The zero-order valence-electron chi connectivity index (χ0n) is 6.99. The third-order valence-corrected chi connectivity index (χ3v) is 2.10. The van der Waals surface area contributed by atoms with E-state index >= 15 is 0 Å². The van der Waals surface area contributed by atoms with Crippen LogP contribution in [-0.4, -0.2) is 23.5 Å². The summed E-state index contributed by atoms with van der Waals surface area (Å²) in [5.74, 6) is 0. The van der Waals surface area contributed by atoms with Crippen molar-refractivity contribution in [1.82, 2.24) is 0 Å². The van der Waals surface area contributed by atoms with E-state index in [9.17, 15) is 5.11 Å². The van der Waals surface area contributed by atoms with Gasteiger partial charge in [-0.3, -0.25) is 0 Å². The van der Waals surface area contributed by atoms with Crippen LogP contribution in [-0.2, 0) is 4.74 Å². The van der Waals surface area contributed by atoms with Crippen molar-refractivity contribution in [3.63, 3.8) is 0 Å². The van der Waals surface area contributed by atoms with Gasteiger partial charge in [-0.1, -0.05) is 13.3 Å². The van der Waals surface area contributed by atoms with Crippen LogP contribution in [0.25, 0.3) is 0 Å². The maximum Gasteiger partial charge on any atom is 0.106 e. The monoisotopic (exact) mass is 159 g/mol. The predicted molar refractivity (Wildman–Crippen MR) is 43.0 cm³/mol. The van der Waals surface area contributed by atoms with E-state index in [1.807, 2.05) is 0 Å². The summed E-state index contributed by atoms with van der Waals surface area (Å²) in [6, 6.07) is 0. The molecular formula is C8H17NO2. The van der Waals surface area contributed by atoms with Crippen LogP contribution in [0.1, 0.15) is 32.6 Å². The second-order valence-electron chi connectivity index (χ2n) is 3.15. The Morgan fingerprint density at radius 2 is 2.36 bits per heavy atom. The van der Waals surface area contributed by atoms with Crippen molar-refractivity contribution in [2.45, 2.75) is 51.0 Å². The molecule has 0 radical (unpaired) electrons. The van der Waals surface area contributed by atoms with E-state index in [2.05, 4.69) is 6.92 Å². The van der Waals surface area contributed by atoms with Crippen LogP contribution in [0.3, 0.4) is 0 Å². The van der Waals surface area contributed by atoms with E-state index in [0.717, 1.165) is 25.7 Å². The van der Waals surface area contributed by atoms with Gasteiger partial charge in [0, 0.05) is 0 Å². The minimum absolute atomic E-state index is 0.00931. The van der Waals surface area contributed by atoms with Gasteiger partial charge in [0.25, 0.3) is 0 Å². The van der Waals surface area contributed by atoms with Crippen LogP contribution in [0.2, 0.25) is 0 Å². The molecule has 1 rings (SSSR count). The highest BCUT2D eigenvalue weighted by Crippen LogP contribution is 2.21. The van der Waals surface area contributed by atoms with Crippen LogP contribution in [0, 0.1) is 0 Å². The van der Waals surface area contributed by atoms with Crippen LogP contribution >= 0.6 is 0 Å². The van der Waals surface area contributed by atoms with Crippen LogP contribution in [0.15, 0.2) is 0 Å². The van der Waals surface area contributed by atoms with E-state index in [1.165, 1.54) is 0 Å². The van der Waals surface area contributed by atoms with Crippen molar-refractivity contribution < 1.29 is 9.84 Å². The van der Waals surface area contributed by atoms with Crippen molar-refractivity contribution in [1.29, 1.82) is 0 Å². The van der Waals surface area contributed by atoms with Crippen molar-refractivity contribution in [3.8, 4) is 0 Å². The van der Waals surface area contributed by atoms with E-state index in [1.54, 1.807) is 0 Å². The molecule has 3 atom stereocenters. The number of hydrogen-bond donors (Lipinski definition) is 2. The maximum atomic E-state index is 9.49. The zero-order valence-corrected chi connectivity index (χ0v) is 6.99. The largest absolute Gasteiger partial charge is 0.390 e. The average molecular weight is 159 g/mol. The predicted octanol–water partition coefficient (Wildman–Crippen LogP) is 0.611. The number of aliphatic hydroxyl groups is 1. The van der Waals surface area contributed by atoms with Gasteiger partial charge >= 0.3 is 0 Å². The van der Waals surface area contributed by atoms with Crippen LogP contribution in [0.4, 0.5) is 0 Å². The standard InChI is InChI=1S/C8H17NO2/c1-2-3-6(10)7-4-5-8(9)11-7/h6-8,10H,2-5,9H2,1H3. The van der Waals surface area contributed by atoms with Gasteiger partial charge in [0.05, 0.1) is 12.2 Å². The lowest BCUT2D eigenvalue weighted by Gasteiger charge is -2.16. The van der Waals surface area contributed by atoms with Gasteiger partial charge < -0.3 is 15.6 Å². The van der Waals surface area contributed by atoms with Gasteiger partial charge in [0.15, 0.2) is 0 Å². The number of hydrogen-bond acceptors (Lipinski definition) is 3. The average Bonchev–Trinajstić information content (AvgIpc) is 2.36. The van der Waals surface area contributed by atoms with Crippen molar-refractivity contribution >= 4 is 0 Å². The minimum Gasteiger partial charge on any atom is -0.390 e. The molecule has 1 fully saturated rings. The Hall–Kier alpha value is -0.120. The summed E-state index contributed by atoms with van der Waals surface area (Å²) in [6.07, 6.45) is 3.13. The first-order valence-electron chi connectivity index (χ1n) is 4.33. The Labute approximate surface area is 67.5 Å². The molecule has 0 spiro atoms. The molecule has 1 saturated heterocycles. The lowest BCUT2D eigenvalue weighted by molar-refractivity contribution is -0.0349. The SMILES string of the molecule is CCCC(O)C1CCC(N)O1. The molecule has 66 valence electrons. The molecule has 3 unspecified atom stereocenters. The molecule has 3 N–H and O–H groups in total. The molecule has 0 aliphatic carbocycles. The number of ether oxygens (including phenoxy) is 1. The second kappa shape index (κ2) is 4.04. The van der Waals surface area contributed by atoms with Crippen molar-refractivity contribution in [2.75, 3.05) is 0 Å². The normalized spacial score (nSPS) is 34.1. The first kappa shape index (κ1) is 8.97. The van der Waals surface area contributed by atoms with E-state index in [4.69, 9.17) is 10.5 Å². The van der Waals surface area contributed by atoms with E-state index < -0.39 is 0 Å². The summed E-state index contributed by atoms with van der Waals surface area (Å²) in [6.45, 7) is 2.05. The highest BCUT2D eigenvalue weighted by molar-refractivity contribution is 4.76. The van der Waals surface area contributed by atoms with Gasteiger partial charge in [0.1, 0.15) is 6.23 Å². The Kier molecular flexibility index (Phi) is 3.30. The fourth-order valence-electron chi connectivity index (χ4n) is 1.45. The number of nitrogens with two attached hydrogens (primary N) is 1. The molecule has 0 aromatic carbocycles. The highest BCUT2D eigenvalue weighted by atomic mass is 16.5. The number of rotatable bonds is 3. The van der Waals surface area contributed by atoms with Gasteiger partial charge in [-0.15, -0.1) is 0 Å². The van der Waals surface area contributed by atoms with Crippen LogP contribution < -0.4 is 5.73 Å². The molecule has 0 aromatic rings. The summed E-state index contributed by atoms with van der Waals surface area (Å²) >= 11 is 0. The fraction of sp³-hybridized carbons (Fsp3) is 1.00. The Bertz CT molecular complexity index is 119. The summed E-state index contributed by atoms with van der Waals surface area (Å²) in [5, 5.41) is 9.49. The highest BCUT2D eigenvalue weighted by Gasteiger charge is 2.27. The first-order chi connectivity index (χ1) is 5.24. The van der Waals surface area contributed by atoms with Crippen LogP contribution in [0.5, 0.6) is 0 Å². The van der Waals surface area contributed by atoms with Gasteiger partial charge in [-0.25, -0.2) is 0 Å². The van der Waals surface area contributed by atoms with Gasteiger partial charge in [0.2, 0.25) is 0 Å². The Morgan fingerprint density at radius 3 is 2.82 bits per heavy atom. The zero-order chi connectivity index (χ0) is 8.27. The third-order valence-electron chi connectivity index (χ3n) is 2.10. The Morgan fingerprint density at radius 1 is 1.64 bits per heavy atom. The summed E-state index contributed by atoms with van der Waals surface area (Å²) in [4.78, 5) is 0. The Balaban J connectivity index is 2.25. The molecule has 1 heterocycles. The van der Waals surface area contributed by atoms with Crippen molar-refractivity contribution in [3.05, 3.63) is 0 Å². The summed E-state index contributed by atoms with van der Waals surface area (Å²) in [7, 11) is 0. The summed E-state index contributed by atoms with van der Waals surface area (Å²) < 4.78 is 5.30. The van der Waals surface area contributed by atoms with Crippen molar-refractivity contribution in [2.24, 2.45) is 5.73 Å². The molecule has 0 saturated carbocycles.